The van der Waals surface area contributed by atoms with Gasteiger partial charge in [-0.2, -0.15) is 9.29 Å². The maximum Gasteiger partial charge on any atom is 0.316 e. The minimum atomic E-state index is -3.50. The molecule has 168 valence electrons. The van der Waals surface area contributed by atoms with Crippen molar-refractivity contribution in [2.45, 2.75) is 37.0 Å². The van der Waals surface area contributed by atoms with Gasteiger partial charge >= 0.3 is 11.8 Å². The van der Waals surface area contributed by atoms with Crippen LogP contribution in [0.4, 0.5) is 0 Å². The smallest absolute Gasteiger partial charge is 0.316 e. The van der Waals surface area contributed by atoms with Crippen LogP contribution in [-0.4, -0.2) is 48.4 Å². The molecule has 4 rings (SSSR count). The number of nitrogens with zero attached hydrogens (tertiary/aromatic N) is 3. The molecule has 0 spiro atoms. The first-order chi connectivity index (χ1) is 15.4. The Hall–Kier alpha value is -3.04. The molecule has 1 N–H and O–H groups in total. The molecule has 9 heteroatoms. The third kappa shape index (κ3) is 4.89. The molecule has 1 aromatic heterocycles. The summed E-state index contributed by atoms with van der Waals surface area (Å²) in [4.78, 5) is 16.8. The van der Waals surface area contributed by atoms with Crippen LogP contribution in [0.2, 0.25) is 0 Å². The average Bonchev–Trinajstić information content (AvgIpc) is 3.34. The number of nitrogens with one attached hydrogen (secondary N) is 1. The fraction of sp³-hybridized carbons (Fsp3) is 0.348. The number of hydrogen-bond acceptors (Lipinski definition) is 6. The van der Waals surface area contributed by atoms with Crippen LogP contribution < -0.4 is 5.32 Å². The van der Waals surface area contributed by atoms with E-state index in [1.54, 1.807) is 12.1 Å². The number of hydrogen-bond donors (Lipinski definition) is 1. The number of aromatic nitrogens is 2. The molecule has 0 bridgehead atoms. The average molecular weight is 455 g/mol. The molecule has 0 radical (unpaired) electrons. The molecule has 0 aliphatic carbocycles. The Labute approximate surface area is 187 Å². The lowest BCUT2D eigenvalue weighted by Gasteiger charge is -2.25. The van der Waals surface area contributed by atoms with Crippen molar-refractivity contribution in [3.63, 3.8) is 0 Å². The third-order valence-electron chi connectivity index (χ3n) is 5.62. The van der Waals surface area contributed by atoms with Crippen molar-refractivity contribution in [1.29, 1.82) is 0 Å². The zero-order valence-corrected chi connectivity index (χ0v) is 18.7. The molecular formula is C23H26N4O4S. The van der Waals surface area contributed by atoms with Gasteiger partial charge in [0.1, 0.15) is 0 Å². The van der Waals surface area contributed by atoms with Gasteiger partial charge in [-0.25, -0.2) is 8.42 Å². The first-order valence-electron chi connectivity index (χ1n) is 10.7. The van der Waals surface area contributed by atoms with E-state index in [2.05, 4.69) is 15.5 Å². The molecule has 2 heterocycles. The predicted molar refractivity (Wildman–Crippen MR) is 120 cm³/mol. The second-order valence-corrected chi connectivity index (χ2v) is 9.87. The summed E-state index contributed by atoms with van der Waals surface area (Å²) in [7, 11) is -3.50. The highest BCUT2D eigenvalue weighted by molar-refractivity contribution is 7.89. The minimum absolute atomic E-state index is 0.134. The number of carbonyl (C=O) groups is 1. The maximum atomic E-state index is 12.8. The molecule has 1 fully saturated rings. The van der Waals surface area contributed by atoms with Gasteiger partial charge in [0.15, 0.2) is 0 Å². The molecule has 1 amide bonds. The van der Waals surface area contributed by atoms with Gasteiger partial charge in [-0.15, -0.1) is 0 Å². The van der Waals surface area contributed by atoms with Gasteiger partial charge in [-0.05, 0) is 48.6 Å². The SMILES string of the molecule is CC(CNC(=O)c1nc(-c2ccc(S(=O)(=O)N3CCCCC3)cc2)no1)c1ccccc1. The van der Waals surface area contributed by atoms with Gasteiger partial charge in [0.2, 0.25) is 15.8 Å². The molecule has 3 aromatic rings. The highest BCUT2D eigenvalue weighted by Gasteiger charge is 2.26. The highest BCUT2D eigenvalue weighted by Crippen LogP contribution is 2.23. The summed E-state index contributed by atoms with van der Waals surface area (Å²) >= 11 is 0. The first kappa shape index (κ1) is 22.2. The van der Waals surface area contributed by atoms with E-state index < -0.39 is 15.9 Å². The van der Waals surface area contributed by atoms with Gasteiger partial charge in [-0.1, -0.05) is 48.8 Å². The number of carbonyl (C=O) groups excluding carboxylic acids is 1. The molecular weight excluding hydrogens is 428 g/mol. The summed E-state index contributed by atoms with van der Waals surface area (Å²) in [5.41, 5.74) is 1.70. The van der Waals surface area contributed by atoms with E-state index in [1.165, 1.54) is 16.4 Å². The highest BCUT2D eigenvalue weighted by atomic mass is 32.2. The van der Waals surface area contributed by atoms with Crippen LogP contribution in [0.25, 0.3) is 11.4 Å². The third-order valence-corrected chi connectivity index (χ3v) is 7.54. The zero-order valence-electron chi connectivity index (χ0n) is 17.9. The quantitative estimate of drug-likeness (QED) is 0.586. The number of sulfonamides is 1. The van der Waals surface area contributed by atoms with Crippen molar-refractivity contribution in [3.8, 4) is 11.4 Å². The molecule has 1 unspecified atom stereocenters. The Morgan fingerprint density at radius 3 is 2.44 bits per heavy atom. The van der Waals surface area contributed by atoms with Gasteiger partial charge in [0, 0.05) is 25.2 Å². The van der Waals surface area contributed by atoms with E-state index in [4.69, 9.17) is 4.52 Å². The van der Waals surface area contributed by atoms with Gasteiger partial charge in [0.25, 0.3) is 0 Å². The zero-order chi connectivity index (χ0) is 22.6. The number of benzene rings is 2. The van der Waals surface area contributed by atoms with Crippen LogP contribution in [-0.2, 0) is 10.0 Å². The Morgan fingerprint density at radius 1 is 1.06 bits per heavy atom. The molecule has 0 saturated carbocycles. The summed E-state index contributed by atoms with van der Waals surface area (Å²) in [6, 6.07) is 16.2. The lowest BCUT2D eigenvalue weighted by atomic mass is 10.0. The van der Waals surface area contributed by atoms with E-state index in [1.807, 2.05) is 37.3 Å². The van der Waals surface area contributed by atoms with Crippen molar-refractivity contribution in [3.05, 3.63) is 66.1 Å². The Balaban J connectivity index is 1.40. The van der Waals surface area contributed by atoms with Crippen LogP contribution in [0.15, 0.2) is 64.0 Å². The van der Waals surface area contributed by atoms with Crippen LogP contribution >= 0.6 is 0 Å². The summed E-state index contributed by atoms with van der Waals surface area (Å²) in [6.45, 7) is 3.56. The van der Waals surface area contributed by atoms with E-state index in [0.717, 1.165) is 24.8 Å². The fourth-order valence-corrected chi connectivity index (χ4v) is 5.20. The largest absolute Gasteiger partial charge is 0.347 e. The van der Waals surface area contributed by atoms with E-state index in [0.29, 0.717) is 25.2 Å². The van der Waals surface area contributed by atoms with E-state index in [9.17, 15) is 13.2 Å². The van der Waals surface area contributed by atoms with Crippen molar-refractivity contribution in [2.24, 2.45) is 0 Å². The Bertz CT molecular complexity index is 1150. The van der Waals surface area contributed by atoms with Crippen molar-refractivity contribution in [2.75, 3.05) is 19.6 Å². The summed E-state index contributed by atoms with van der Waals surface area (Å²) < 4.78 is 32.2. The van der Waals surface area contributed by atoms with Crippen LogP contribution in [0.5, 0.6) is 0 Å². The lowest BCUT2D eigenvalue weighted by molar-refractivity contribution is 0.0908. The van der Waals surface area contributed by atoms with Crippen LogP contribution in [0.1, 0.15) is 48.4 Å². The topological polar surface area (TPSA) is 105 Å². The standard InChI is InChI=1S/C23H26N4O4S/c1-17(18-8-4-2-5-9-18)16-24-22(28)23-25-21(26-31-23)19-10-12-20(13-11-19)32(29,30)27-14-6-3-7-15-27/h2,4-5,8-13,17H,3,6-7,14-16H2,1H3,(H,24,28). The molecule has 2 aromatic carbocycles. The second kappa shape index (κ2) is 9.62. The summed E-state index contributed by atoms with van der Waals surface area (Å²) in [6.07, 6.45) is 2.83. The normalized spacial score (nSPS) is 15.9. The monoisotopic (exact) mass is 454 g/mol. The second-order valence-electron chi connectivity index (χ2n) is 7.93. The number of piperidine rings is 1. The lowest BCUT2D eigenvalue weighted by Crippen LogP contribution is -2.35. The van der Waals surface area contributed by atoms with Gasteiger partial charge in [0.05, 0.1) is 4.90 Å². The molecule has 1 atom stereocenters. The fourth-order valence-electron chi connectivity index (χ4n) is 3.68. The van der Waals surface area contributed by atoms with Crippen molar-refractivity contribution < 1.29 is 17.7 Å². The summed E-state index contributed by atoms with van der Waals surface area (Å²) in [5, 5.41) is 6.68. The molecule has 8 nitrogen and oxygen atoms in total. The minimum Gasteiger partial charge on any atom is -0.347 e. The number of amides is 1. The first-order valence-corrected chi connectivity index (χ1v) is 12.2. The molecule has 1 saturated heterocycles. The Morgan fingerprint density at radius 2 is 1.75 bits per heavy atom. The van der Waals surface area contributed by atoms with Gasteiger partial charge in [-0.3, -0.25) is 4.79 Å². The van der Waals surface area contributed by atoms with Crippen LogP contribution in [0.3, 0.4) is 0 Å². The van der Waals surface area contributed by atoms with Crippen molar-refractivity contribution >= 4 is 15.9 Å². The van der Waals surface area contributed by atoms with E-state index in [-0.39, 0.29) is 22.5 Å². The molecule has 1 aliphatic rings. The van der Waals surface area contributed by atoms with Crippen molar-refractivity contribution in [1.82, 2.24) is 19.8 Å². The molecule has 32 heavy (non-hydrogen) atoms. The van der Waals surface area contributed by atoms with Crippen LogP contribution in [0, 0.1) is 0 Å². The summed E-state index contributed by atoms with van der Waals surface area (Å²) in [5.74, 6) is -0.216. The molecule has 1 aliphatic heterocycles. The van der Waals surface area contributed by atoms with E-state index >= 15 is 0 Å². The predicted octanol–water partition coefficient (Wildman–Crippen LogP) is 3.44. The maximum absolute atomic E-state index is 12.8. The van der Waals surface area contributed by atoms with Gasteiger partial charge < -0.3 is 9.84 Å². The number of rotatable bonds is 7. The Kier molecular flexibility index (Phi) is 6.66.